The van der Waals surface area contributed by atoms with Gasteiger partial charge in [0.05, 0.1) is 12.4 Å². The number of benzene rings is 1. The highest BCUT2D eigenvalue weighted by atomic mass is 32.2. The lowest BCUT2D eigenvalue weighted by atomic mass is 10.2. The van der Waals surface area contributed by atoms with Crippen LogP contribution in [0.3, 0.4) is 0 Å². The highest BCUT2D eigenvalue weighted by molar-refractivity contribution is 8.00. The van der Waals surface area contributed by atoms with Crippen LogP contribution >= 0.6 is 23.5 Å². The van der Waals surface area contributed by atoms with E-state index in [1.807, 2.05) is 13.0 Å². The number of carbonyl (C=O) groups is 1. The largest absolute Gasteiger partial charge is 0.465 e. The Bertz CT molecular complexity index is 660. The summed E-state index contributed by atoms with van der Waals surface area (Å²) in [5, 5.41) is 1.54. The first-order valence-corrected chi connectivity index (χ1v) is 9.36. The molecule has 0 saturated heterocycles. The molecule has 0 unspecified atom stereocenters. The maximum atomic E-state index is 11.4. The number of hydrogen-bond acceptors (Lipinski definition) is 6. The van der Waals surface area contributed by atoms with Gasteiger partial charge >= 0.3 is 5.97 Å². The van der Waals surface area contributed by atoms with Crippen molar-refractivity contribution in [1.82, 2.24) is 9.97 Å². The maximum Gasteiger partial charge on any atom is 0.316 e. The number of aryl methyl sites for hydroxylation is 2. The summed E-state index contributed by atoms with van der Waals surface area (Å²) in [5.74, 6) is 0.876. The molecule has 1 aromatic heterocycles. The van der Waals surface area contributed by atoms with Crippen molar-refractivity contribution >= 4 is 29.5 Å². The molecular weight excluding hydrogens is 328 g/mol. The molecular formula is C17H20N2O2S2. The van der Waals surface area contributed by atoms with Gasteiger partial charge in [0.25, 0.3) is 0 Å². The van der Waals surface area contributed by atoms with Crippen LogP contribution in [-0.2, 0) is 15.3 Å². The van der Waals surface area contributed by atoms with Crippen molar-refractivity contribution in [2.75, 3.05) is 12.4 Å². The Balaban J connectivity index is 1.96. The summed E-state index contributed by atoms with van der Waals surface area (Å²) < 4.78 is 4.93. The van der Waals surface area contributed by atoms with Crippen molar-refractivity contribution in [2.24, 2.45) is 0 Å². The van der Waals surface area contributed by atoms with E-state index in [9.17, 15) is 4.79 Å². The van der Waals surface area contributed by atoms with Gasteiger partial charge in [-0.05, 0) is 32.4 Å². The van der Waals surface area contributed by atoms with E-state index in [0.717, 1.165) is 21.6 Å². The molecule has 2 aromatic rings. The molecule has 0 saturated carbocycles. The summed E-state index contributed by atoms with van der Waals surface area (Å²) in [7, 11) is 0. The first-order valence-electron chi connectivity index (χ1n) is 7.39. The second-order valence-electron chi connectivity index (χ2n) is 5.00. The van der Waals surface area contributed by atoms with Crippen molar-refractivity contribution < 1.29 is 9.53 Å². The topological polar surface area (TPSA) is 52.1 Å². The van der Waals surface area contributed by atoms with E-state index in [4.69, 9.17) is 4.74 Å². The summed E-state index contributed by atoms with van der Waals surface area (Å²) in [6, 6.07) is 10.3. The van der Waals surface area contributed by atoms with E-state index in [2.05, 4.69) is 41.2 Å². The lowest BCUT2D eigenvalue weighted by molar-refractivity contribution is -0.139. The smallest absolute Gasteiger partial charge is 0.316 e. The molecule has 0 spiro atoms. The Morgan fingerprint density at radius 2 is 1.87 bits per heavy atom. The lowest BCUT2D eigenvalue weighted by Crippen LogP contribution is -2.07. The summed E-state index contributed by atoms with van der Waals surface area (Å²) in [6.45, 7) is 6.22. The van der Waals surface area contributed by atoms with Crippen LogP contribution in [0.25, 0.3) is 0 Å². The number of aromatic nitrogens is 2. The lowest BCUT2D eigenvalue weighted by Gasteiger charge is -2.06. The zero-order chi connectivity index (χ0) is 16.7. The molecule has 0 atom stereocenters. The van der Waals surface area contributed by atoms with Gasteiger partial charge in [-0.1, -0.05) is 53.4 Å². The quantitative estimate of drug-likeness (QED) is 0.326. The molecule has 6 heteroatoms. The third kappa shape index (κ3) is 6.23. The van der Waals surface area contributed by atoms with Crippen LogP contribution in [-0.4, -0.2) is 28.3 Å². The third-order valence-corrected chi connectivity index (χ3v) is 4.75. The van der Waals surface area contributed by atoms with Crippen molar-refractivity contribution in [2.45, 2.75) is 36.7 Å². The SMILES string of the molecule is CCOC(=O)CSc1cc(C)nc(SCc2ccc(C)cc2)n1. The molecule has 122 valence electrons. The molecule has 0 aliphatic carbocycles. The molecule has 1 heterocycles. The second kappa shape index (κ2) is 8.93. The molecule has 0 radical (unpaired) electrons. The van der Waals surface area contributed by atoms with Gasteiger partial charge < -0.3 is 4.74 Å². The molecule has 0 aliphatic rings. The number of hydrogen-bond donors (Lipinski definition) is 0. The number of carbonyl (C=O) groups excluding carboxylic acids is 1. The van der Waals surface area contributed by atoms with E-state index >= 15 is 0 Å². The fourth-order valence-electron chi connectivity index (χ4n) is 1.82. The average Bonchev–Trinajstić information content (AvgIpc) is 2.52. The monoisotopic (exact) mass is 348 g/mol. The average molecular weight is 348 g/mol. The van der Waals surface area contributed by atoms with E-state index in [1.165, 1.54) is 22.9 Å². The van der Waals surface area contributed by atoms with Gasteiger partial charge in [-0.15, -0.1) is 0 Å². The Kier molecular flexibility index (Phi) is 6.92. The van der Waals surface area contributed by atoms with Crippen molar-refractivity contribution in [3.63, 3.8) is 0 Å². The minimum Gasteiger partial charge on any atom is -0.465 e. The van der Waals surface area contributed by atoms with Crippen LogP contribution in [0, 0.1) is 13.8 Å². The van der Waals surface area contributed by atoms with Gasteiger partial charge in [-0.25, -0.2) is 9.97 Å². The Labute approximate surface area is 145 Å². The number of thioether (sulfide) groups is 2. The second-order valence-corrected chi connectivity index (χ2v) is 6.94. The van der Waals surface area contributed by atoms with E-state index in [1.54, 1.807) is 18.7 Å². The zero-order valence-corrected chi connectivity index (χ0v) is 15.2. The summed E-state index contributed by atoms with van der Waals surface area (Å²) in [4.78, 5) is 20.4. The van der Waals surface area contributed by atoms with E-state index < -0.39 is 0 Å². The molecule has 0 aliphatic heterocycles. The molecule has 0 bridgehead atoms. The summed E-state index contributed by atoms with van der Waals surface area (Å²) >= 11 is 2.98. The molecule has 2 rings (SSSR count). The Morgan fingerprint density at radius 3 is 2.57 bits per heavy atom. The van der Waals surface area contributed by atoms with Gasteiger partial charge in [0.15, 0.2) is 5.16 Å². The minimum absolute atomic E-state index is 0.220. The van der Waals surface area contributed by atoms with Gasteiger partial charge in [0.1, 0.15) is 5.03 Å². The number of esters is 1. The minimum atomic E-state index is -0.220. The number of rotatable bonds is 7. The Morgan fingerprint density at radius 1 is 1.13 bits per heavy atom. The predicted octanol–water partition coefficient (Wildman–Crippen LogP) is 4.04. The standard InChI is InChI=1S/C17H20N2O2S2/c1-4-21-16(20)11-22-15-9-13(3)18-17(19-15)23-10-14-7-5-12(2)6-8-14/h5-9H,4,10-11H2,1-3H3. The van der Waals surface area contributed by atoms with Crippen LogP contribution in [0.5, 0.6) is 0 Å². The van der Waals surface area contributed by atoms with Gasteiger partial charge in [0, 0.05) is 11.4 Å². The van der Waals surface area contributed by atoms with Crippen LogP contribution in [0.15, 0.2) is 40.5 Å². The fourth-order valence-corrected chi connectivity index (χ4v) is 3.49. The van der Waals surface area contributed by atoms with Crippen LogP contribution in [0.1, 0.15) is 23.7 Å². The first kappa shape index (κ1) is 17.8. The molecule has 23 heavy (non-hydrogen) atoms. The first-order chi connectivity index (χ1) is 11.1. The molecule has 4 nitrogen and oxygen atoms in total. The van der Waals surface area contributed by atoms with Gasteiger partial charge in [-0.3, -0.25) is 4.79 Å². The van der Waals surface area contributed by atoms with Crippen LogP contribution < -0.4 is 0 Å². The van der Waals surface area contributed by atoms with Gasteiger partial charge in [-0.2, -0.15) is 0 Å². The van der Waals surface area contributed by atoms with Crippen LogP contribution in [0.4, 0.5) is 0 Å². The molecule has 0 amide bonds. The Hall–Kier alpha value is -1.53. The maximum absolute atomic E-state index is 11.4. The molecule has 1 aromatic carbocycles. The van der Waals surface area contributed by atoms with E-state index in [-0.39, 0.29) is 11.7 Å². The third-order valence-electron chi connectivity index (χ3n) is 2.94. The van der Waals surface area contributed by atoms with E-state index in [0.29, 0.717) is 6.61 Å². The highest BCUT2D eigenvalue weighted by Gasteiger charge is 2.08. The fraction of sp³-hybridized carbons (Fsp3) is 0.353. The predicted molar refractivity (Wildman–Crippen MR) is 94.9 cm³/mol. The van der Waals surface area contributed by atoms with Crippen molar-refractivity contribution in [3.05, 3.63) is 47.2 Å². The number of ether oxygens (including phenoxy) is 1. The normalized spacial score (nSPS) is 10.6. The number of nitrogens with zero attached hydrogens (tertiary/aromatic N) is 2. The highest BCUT2D eigenvalue weighted by Crippen LogP contribution is 2.23. The summed E-state index contributed by atoms with van der Waals surface area (Å²) in [6.07, 6.45) is 0. The van der Waals surface area contributed by atoms with Crippen molar-refractivity contribution in [3.8, 4) is 0 Å². The summed E-state index contributed by atoms with van der Waals surface area (Å²) in [5.41, 5.74) is 3.40. The molecule has 0 fully saturated rings. The zero-order valence-electron chi connectivity index (χ0n) is 13.5. The van der Waals surface area contributed by atoms with Crippen LogP contribution in [0.2, 0.25) is 0 Å². The van der Waals surface area contributed by atoms with Gasteiger partial charge in [0.2, 0.25) is 0 Å². The molecule has 0 N–H and O–H groups in total. The van der Waals surface area contributed by atoms with Crippen molar-refractivity contribution in [1.29, 1.82) is 0 Å².